The topological polar surface area (TPSA) is 102 Å². The maximum Gasteiger partial charge on any atom is 0.220 e. The van der Waals surface area contributed by atoms with Gasteiger partial charge in [0.1, 0.15) is 29.2 Å². The minimum Gasteiger partial charge on any atom is -0.494 e. The second-order valence-corrected chi connectivity index (χ2v) is 9.94. The summed E-state index contributed by atoms with van der Waals surface area (Å²) in [5.74, 6) is 1.53. The van der Waals surface area contributed by atoms with Crippen molar-refractivity contribution in [2.75, 3.05) is 20.3 Å². The molecule has 4 aromatic rings. The Bertz CT molecular complexity index is 1450. The van der Waals surface area contributed by atoms with Crippen LogP contribution in [0.3, 0.4) is 0 Å². The number of thioether (sulfide) groups is 1. The number of hydrogen-bond acceptors (Lipinski definition) is 8. The summed E-state index contributed by atoms with van der Waals surface area (Å²) in [7, 11) is 1.45. The van der Waals surface area contributed by atoms with Crippen LogP contribution in [0.25, 0.3) is 5.69 Å². The number of aromatic nitrogens is 3. The third-order valence-electron chi connectivity index (χ3n) is 5.66. The summed E-state index contributed by atoms with van der Waals surface area (Å²) < 4.78 is 32.2. The van der Waals surface area contributed by atoms with Gasteiger partial charge in [0, 0.05) is 10.6 Å². The van der Waals surface area contributed by atoms with Crippen molar-refractivity contribution in [3.05, 3.63) is 98.6 Å². The van der Waals surface area contributed by atoms with Gasteiger partial charge in [-0.25, -0.2) is 4.39 Å². The van der Waals surface area contributed by atoms with Crippen LogP contribution in [-0.4, -0.2) is 39.9 Å². The van der Waals surface area contributed by atoms with Crippen LogP contribution in [0.1, 0.15) is 29.1 Å². The number of halogens is 2. The summed E-state index contributed by atoms with van der Waals surface area (Å²) in [5.41, 5.74) is 1.96. The van der Waals surface area contributed by atoms with Crippen molar-refractivity contribution in [1.82, 2.24) is 14.8 Å². The molecule has 12 heteroatoms. The molecule has 0 amide bonds. The van der Waals surface area contributed by atoms with Gasteiger partial charge in [0.25, 0.3) is 0 Å². The molecule has 39 heavy (non-hydrogen) atoms. The molecular weight excluding hydrogens is 547 g/mol. The lowest BCUT2D eigenvalue weighted by molar-refractivity contribution is -0.479. The third-order valence-corrected chi connectivity index (χ3v) is 7.12. The van der Waals surface area contributed by atoms with Gasteiger partial charge in [-0.3, -0.25) is 14.7 Å². The van der Waals surface area contributed by atoms with E-state index in [1.807, 2.05) is 35.8 Å². The van der Waals surface area contributed by atoms with Crippen LogP contribution in [0.2, 0.25) is 5.02 Å². The zero-order chi connectivity index (χ0) is 27.9. The van der Waals surface area contributed by atoms with Gasteiger partial charge in [-0.15, -0.1) is 10.2 Å². The Morgan fingerprint density at radius 3 is 2.56 bits per heavy atom. The second kappa shape index (κ2) is 12.8. The van der Waals surface area contributed by atoms with E-state index in [0.717, 1.165) is 11.4 Å². The molecule has 1 heterocycles. The van der Waals surface area contributed by atoms with E-state index in [1.54, 1.807) is 31.2 Å². The van der Waals surface area contributed by atoms with Crippen molar-refractivity contribution in [3.8, 4) is 22.9 Å². The lowest BCUT2D eigenvalue weighted by Gasteiger charge is -2.18. The van der Waals surface area contributed by atoms with Crippen LogP contribution in [0, 0.1) is 22.9 Å². The van der Waals surface area contributed by atoms with E-state index >= 15 is 0 Å². The van der Waals surface area contributed by atoms with Crippen LogP contribution in [0.5, 0.6) is 17.2 Å². The summed E-state index contributed by atoms with van der Waals surface area (Å²) in [5, 5.41) is 20.1. The minimum atomic E-state index is -0.672. The molecule has 4 rings (SSSR count). The molecule has 1 atom stereocenters. The molecule has 0 aliphatic carbocycles. The van der Waals surface area contributed by atoms with E-state index in [1.165, 1.54) is 31.0 Å². The van der Waals surface area contributed by atoms with Crippen molar-refractivity contribution in [2.24, 2.45) is 0 Å². The Morgan fingerprint density at radius 1 is 1.13 bits per heavy atom. The molecule has 0 radical (unpaired) electrons. The Balaban J connectivity index is 1.63. The zero-order valence-corrected chi connectivity index (χ0v) is 23.0. The van der Waals surface area contributed by atoms with E-state index in [4.69, 9.17) is 25.8 Å². The molecule has 0 spiro atoms. The fourth-order valence-electron chi connectivity index (χ4n) is 3.90. The van der Waals surface area contributed by atoms with Crippen molar-refractivity contribution in [3.63, 3.8) is 0 Å². The Hall–Kier alpha value is -3.83. The highest BCUT2D eigenvalue weighted by molar-refractivity contribution is 7.99. The molecule has 3 aromatic carbocycles. The zero-order valence-electron chi connectivity index (χ0n) is 21.5. The number of nitrogens with zero attached hydrogens (tertiary/aromatic N) is 4. The molecule has 0 saturated carbocycles. The van der Waals surface area contributed by atoms with Crippen LogP contribution in [-0.2, 0) is 6.61 Å². The van der Waals surface area contributed by atoms with E-state index in [-0.39, 0.29) is 23.2 Å². The fraction of sp³-hybridized carbons (Fsp3) is 0.259. The van der Waals surface area contributed by atoms with Gasteiger partial charge in [-0.1, -0.05) is 35.5 Å². The molecule has 0 aliphatic heterocycles. The van der Waals surface area contributed by atoms with E-state index in [0.29, 0.717) is 34.5 Å². The van der Waals surface area contributed by atoms with Gasteiger partial charge in [0.15, 0.2) is 16.7 Å². The van der Waals surface area contributed by atoms with Gasteiger partial charge in [0.2, 0.25) is 6.54 Å². The molecule has 1 aromatic heterocycles. The number of ether oxygens (including phenoxy) is 3. The number of aryl methyl sites for hydroxylation is 1. The first-order chi connectivity index (χ1) is 18.8. The monoisotopic (exact) mass is 572 g/mol. The molecule has 0 bridgehead atoms. The highest BCUT2D eigenvalue weighted by atomic mass is 35.5. The van der Waals surface area contributed by atoms with Gasteiger partial charge in [-0.05, 0) is 73.5 Å². The molecular formula is C27H26ClFN4O5S. The largest absolute Gasteiger partial charge is 0.494 e. The predicted molar refractivity (Wildman–Crippen MR) is 146 cm³/mol. The van der Waals surface area contributed by atoms with Gasteiger partial charge >= 0.3 is 0 Å². The SMILES string of the molecule is CCOc1ccc(-n2c(C)nnc2S[C@H](C[N+](=O)[O-])c2cc(Cl)c(OCc3cccc(F)c3)c(OC)c2)cc1. The van der Waals surface area contributed by atoms with Gasteiger partial charge in [-0.2, -0.15) is 0 Å². The molecule has 9 nitrogen and oxygen atoms in total. The van der Waals surface area contributed by atoms with Gasteiger partial charge in [0.05, 0.1) is 18.7 Å². The maximum absolute atomic E-state index is 13.5. The first-order valence-corrected chi connectivity index (χ1v) is 13.2. The van der Waals surface area contributed by atoms with E-state index in [2.05, 4.69) is 10.2 Å². The van der Waals surface area contributed by atoms with Crippen LogP contribution < -0.4 is 14.2 Å². The Morgan fingerprint density at radius 2 is 1.90 bits per heavy atom. The van der Waals surface area contributed by atoms with Crippen molar-refractivity contribution >= 4 is 23.4 Å². The summed E-state index contributed by atoms with van der Waals surface area (Å²) in [4.78, 5) is 11.2. The first-order valence-electron chi connectivity index (χ1n) is 12.0. The number of benzene rings is 3. The smallest absolute Gasteiger partial charge is 0.220 e. The predicted octanol–water partition coefficient (Wildman–Crippen LogP) is 6.46. The minimum absolute atomic E-state index is 0.0602. The highest BCUT2D eigenvalue weighted by Crippen LogP contribution is 2.43. The lowest BCUT2D eigenvalue weighted by atomic mass is 10.1. The Kier molecular flexibility index (Phi) is 9.26. The molecule has 0 saturated heterocycles. The molecule has 204 valence electrons. The third kappa shape index (κ3) is 6.98. The average molecular weight is 573 g/mol. The molecule has 0 N–H and O–H groups in total. The normalized spacial score (nSPS) is 11.7. The quantitative estimate of drug-likeness (QED) is 0.108. The number of rotatable bonds is 12. The first kappa shape index (κ1) is 28.2. The van der Waals surface area contributed by atoms with Crippen LogP contribution in [0.4, 0.5) is 4.39 Å². The fourth-order valence-corrected chi connectivity index (χ4v) is 5.32. The number of hydrogen-bond donors (Lipinski definition) is 0. The highest BCUT2D eigenvalue weighted by Gasteiger charge is 2.26. The van der Waals surface area contributed by atoms with E-state index < -0.39 is 16.7 Å². The molecule has 0 unspecified atom stereocenters. The van der Waals surface area contributed by atoms with Crippen LogP contribution >= 0.6 is 23.4 Å². The molecule has 0 fully saturated rings. The van der Waals surface area contributed by atoms with Crippen molar-refractivity contribution in [1.29, 1.82) is 0 Å². The summed E-state index contributed by atoms with van der Waals surface area (Å²) >= 11 is 7.76. The van der Waals surface area contributed by atoms with E-state index in [9.17, 15) is 14.5 Å². The second-order valence-electron chi connectivity index (χ2n) is 8.37. The summed E-state index contributed by atoms with van der Waals surface area (Å²) in [6.07, 6.45) is 0. The van der Waals surface area contributed by atoms with Crippen LogP contribution in [0.15, 0.2) is 65.8 Å². The lowest BCUT2D eigenvalue weighted by Crippen LogP contribution is -2.12. The molecule has 0 aliphatic rings. The van der Waals surface area contributed by atoms with Crippen molar-refractivity contribution in [2.45, 2.75) is 30.9 Å². The summed E-state index contributed by atoms with van der Waals surface area (Å²) in [6.45, 7) is 3.93. The van der Waals surface area contributed by atoms with Crippen molar-refractivity contribution < 1.29 is 23.5 Å². The number of nitro groups is 1. The summed E-state index contributed by atoms with van der Waals surface area (Å²) in [6, 6.07) is 16.7. The standard InChI is InChI=1S/C27H26ClFN4O5S/c1-4-37-22-10-8-21(9-11-22)33-17(2)30-31-27(33)39-25(15-32(34)35)19-13-23(28)26(24(14-19)36-3)38-16-18-6-5-7-20(29)12-18/h5-14,25H,4,15-16H2,1-3H3/t25-/m1/s1. The maximum atomic E-state index is 13.5. The average Bonchev–Trinajstić information content (AvgIpc) is 3.27. The Labute approximate surface area is 234 Å². The van der Waals surface area contributed by atoms with Gasteiger partial charge < -0.3 is 14.2 Å². The number of methoxy groups -OCH3 is 1.